The van der Waals surface area contributed by atoms with Gasteiger partial charge >= 0.3 is 6.09 Å². The van der Waals surface area contributed by atoms with Crippen LogP contribution in [0.3, 0.4) is 0 Å². The van der Waals surface area contributed by atoms with Crippen molar-refractivity contribution in [2.75, 3.05) is 6.61 Å². The molecule has 0 aromatic rings. The van der Waals surface area contributed by atoms with Crippen molar-refractivity contribution in [3.63, 3.8) is 0 Å². The maximum Gasteiger partial charge on any atom is 0.436 e. The van der Waals surface area contributed by atoms with E-state index in [-0.39, 0.29) is 0 Å². The van der Waals surface area contributed by atoms with Crippen LogP contribution in [0, 0.1) is 0 Å². The van der Waals surface area contributed by atoms with Crippen molar-refractivity contribution in [1.82, 2.24) is 5.01 Å². The normalized spacial score (nSPS) is 13.9. The summed E-state index contributed by atoms with van der Waals surface area (Å²) < 4.78 is 4.53. The van der Waals surface area contributed by atoms with Crippen LogP contribution in [0.2, 0.25) is 0 Å². The van der Waals surface area contributed by atoms with Crippen molar-refractivity contribution < 1.29 is 9.53 Å². The molecule has 1 amide bonds. The smallest absolute Gasteiger partial charge is 0.436 e. The predicted molar refractivity (Wildman–Crippen MR) is 27.4 cm³/mol. The molecule has 4 nitrogen and oxygen atoms in total. The highest BCUT2D eigenvalue weighted by Gasteiger charge is 2.18. The van der Waals surface area contributed by atoms with E-state index in [0.717, 1.165) is 5.01 Å². The van der Waals surface area contributed by atoms with Crippen molar-refractivity contribution in [3.8, 4) is 0 Å². The van der Waals surface area contributed by atoms with E-state index in [1.807, 2.05) is 0 Å². The van der Waals surface area contributed by atoms with Crippen LogP contribution in [0.4, 0.5) is 4.79 Å². The SMILES string of the molecule is CCOC(=O)N1C=N1. The Morgan fingerprint density at radius 3 is 3.00 bits per heavy atom. The van der Waals surface area contributed by atoms with E-state index in [1.54, 1.807) is 6.92 Å². The zero-order valence-electron chi connectivity index (χ0n) is 4.50. The lowest BCUT2D eigenvalue weighted by molar-refractivity contribution is 0.138. The summed E-state index contributed by atoms with van der Waals surface area (Å²) in [5, 5.41) is 4.60. The van der Waals surface area contributed by atoms with E-state index in [0.29, 0.717) is 6.61 Å². The van der Waals surface area contributed by atoms with Crippen molar-refractivity contribution in [2.24, 2.45) is 5.10 Å². The first-order chi connectivity index (χ1) is 3.84. The molecule has 0 atom stereocenters. The van der Waals surface area contributed by atoms with E-state index in [1.165, 1.54) is 6.34 Å². The average Bonchev–Trinajstić information content (AvgIpc) is 2.45. The van der Waals surface area contributed by atoms with Gasteiger partial charge in [-0.3, -0.25) is 0 Å². The Kier molecular flexibility index (Phi) is 1.15. The van der Waals surface area contributed by atoms with Crippen LogP contribution in [0.15, 0.2) is 5.10 Å². The molecule has 4 heteroatoms. The molecule has 0 unspecified atom stereocenters. The maximum absolute atomic E-state index is 10.4. The van der Waals surface area contributed by atoms with Gasteiger partial charge in [0.2, 0.25) is 0 Å². The highest BCUT2D eigenvalue weighted by Crippen LogP contribution is 2.00. The second kappa shape index (κ2) is 1.81. The second-order valence-corrected chi connectivity index (χ2v) is 1.27. The summed E-state index contributed by atoms with van der Waals surface area (Å²) in [6.07, 6.45) is 1.00. The number of hydrogen-bond donors (Lipinski definition) is 0. The Labute approximate surface area is 46.7 Å². The minimum atomic E-state index is -0.396. The maximum atomic E-state index is 10.4. The van der Waals surface area contributed by atoms with Gasteiger partial charge in [-0.25, -0.2) is 4.79 Å². The molecule has 8 heavy (non-hydrogen) atoms. The number of rotatable bonds is 1. The summed E-state index contributed by atoms with van der Waals surface area (Å²) in [6.45, 7) is 2.15. The summed E-state index contributed by atoms with van der Waals surface area (Å²) >= 11 is 0. The minimum Gasteiger partial charge on any atom is -0.448 e. The van der Waals surface area contributed by atoms with E-state index in [2.05, 4.69) is 9.84 Å². The van der Waals surface area contributed by atoms with Crippen molar-refractivity contribution in [3.05, 3.63) is 0 Å². The van der Waals surface area contributed by atoms with Crippen LogP contribution in [0.1, 0.15) is 6.92 Å². The minimum absolute atomic E-state index is 0.396. The summed E-state index contributed by atoms with van der Waals surface area (Å²) in [4.78, 5) is 10.4. The molecule has 0 aromatic carbocycles. The Balaban J connectivity index is 2.14. The molecule has 1 aliphatic rings. The predicted octanol–water partition coefficient (Wildman–Crippen LogP) is 0.402. The first-order valence-corrected chi connectivity index (χ1v) is 2.34. The highest BCUT2D eigenvalue weighted by molar-refractivity contribution is 5.89. The van der Waals surface area contributed by atoms with Crippen molar-refractivity contribution in [2.45, 2.75) is 6.92 Å². The fourth-order valence-electron chi connectivity index (χ4n) is 0.310. The molecule has 0 radical (unpaired) electrons. The number of ether oxygens (including phenoxy) is 1. The van der Waals surface area contributed by atoms with Crippen LogP contribution in [0.5, 0.6) is 0 Å². The largest absolute Gasteiger partial charge is 0.448 e. The molecular formula is C4H6N2O2. The fraction of sp³-hybridized carbons (Fsp3) is 0.500. The Morgan fingerprint density at radius 2 is 2.62 bits per heavy atom. The van der Waals surface area contributed by atoms with Gasteiger partial charge in [0.15, 0.2) is 0 Å². The van der Waals surface area contributed by atoms with E-state index >= 15 is 0 Å². The zero-order valence-corrected chi connectivity index (χ0v) is 4.50. The van der Waals surface area contributed by atoms with Gasteiger partial charge in [0.25, 0.3) is 0 Å². The summed E-state index contributed by atoms with van der Waals surface area (Å²) in [7, 11) is 0. The van der Waals surface area contributed by atoms with E-state index in [9.17, 15) is 4.79 Å². The summed E-state index contributed by atoms with van der Waals surface area (Å²) in [5.74, 6) is 0. The zero-order chi connectivity index (χ0) is 5.98. The molecule has 0 spiro atoms. The number of hydrazone groups is 1. The number of amides is 1. The molecule has 0 aromatic heterocycles. The van der Waals surface area contributed by atoms with Crippen LogP contribution >= 0.6 is 0 Å². The lowest BCUT2D eigenvalue weighted by atomic mass is 10.9. The summed E-state index contributed by atoms with van der Waals surface area (Å²) in [5.41, 5.74) is 0. The van der Waals surface area contributed by atoms with Gasteiger partial charge in [-0.05, 0) is 6.92 Å². The highest BCUT2D eigenvalue weighted by atomic mass is 16.6. The molecule has 0 fully saturated rings. The lowest BCUT2D eigenvalue weighted by Gasteiger charge is -1.96. The molecule has 0 aliphatic carbocycles. The Hall–Kier alpha value is -1.06. The monoisotopic (exact) mass is 114 g/mol. The van der Waals surface area contributed by atoms with Gasteiger partial charge in [-0.2, -0.15) is 5.01 Å². The summed E-state index contributed by atoms with van der Waals surface area (Å²) in [6, 6.07) is 0. The molecule has 44 valence electrons. The molecule has 0 bridgehead atoms. The third-order valence-corrected chi connectivity index (χ3v) is 0.686. The number of carbonyl (C=O) groups excluding carboxylic acids is 1. The standard InChI is InChI=1S/C4H6N2O2/c1-2-8-4(7)6-3-5-6/h3H,2H2,1H3. The molecule has 1 rings (SSSR count). The van der Waals surface area contributed by atoms with E-state index < -0.39 is 6.09 Å². The number of carbonyl (C=O) groups is 1. The average molecular weight is 114 g/mol. The van der Waals surface area contributed by atoms with Gasteiger partial charge in [0.1, 0.15) is 6.34 Å². The molecule has 0 N–H and O–H groups in total. The lowest BCUT2D eigenvalue weighted by Crippen LogP contribution is -2.12. The molecule has 0 saturated heterocycles. The van der Waals surface area contributed by atoms with Crippen molar-refractivity contribution in [1.29, 1.82) is 0 Å². The number of nitrogens with zero attached hydrogens (tertiary/aromatic N) is 2. The van der Waals surface area contributed by atoms with Gasteiger partial charge in [0, 0.05) is 0 Å². The van der Waals surface area contributed by atoms with Crippen LogP contribution < -0.4 is 0 Å². The van der Waals surface area contributed by atoms with Gasteiger partial charge in [-0.1, -0.05) is 0 Å². The first kappa shape index (κ1) is 5.08. The molecular weight excluding hydrogens is 108 g/mol. The quantitative estimate of drug-likeness (QED) is 0.495. The molecule has 0 saturated carbocycles. The Bertz CT molecular complexity index is 126. The first-order valence-electron chi connectivity index (χ1n) is 2.34. The van der Waals surface area contributed by atoms with Crippen LogP contribution in [-0.4, -0.2) is 24.0 Å². The Morgan fingerprint density at radius 1 is 2.00 bits per heavy atom. The third-order valence-electron chi connectivity index (χ3n) is 0.686. The van der Waals surface area contributed by atoms with Gasteiger partial charge < -0.3 is 4.74 Å². The molecule has 1 heterocycles. The van der Waals surface area contributed by atoms with Crippen LogP contribution in [-0.2, 0) is 4.74 Å². The van der Waals surface area contributed by atoms with Crippen LogP contribution in [0.25, 0.3) is 0 Å². The second-order valence-electron chi connectivity index (χ2n) is 1.27. The molecule has 1 aliphatic heterocycles. The van der Waals surface area contributed by atoms with Gasteiger partial charge in [-0.15, -0.1) is 5.10 Å². The topological polar surface area (TPSA) is 41.7 Å². The third kappa shape index (κ3) is 0.959. The number of hydrogen-bond acceptors (Lipinski definition) is 3. The fourth-order valence-corrected chi connectivity index (χ4v) is 0.310. The van der Waals surface area contributed by atoms with Crippen molar-refractivity contribution >= 4 is 12.4 Å². The van der Waals surface area contributed by atoms with E-state index in [4.69, 9.17) is 0 Å². The van der Waals surface area contributed by atoms with Gasteiger partial charge in [0.05, 0.1) is 6.61 Å².